The summed E-state index contributed by atoms with van der Waals surface area (Å²) in [5.74, 6) is 0.373. The van der Waals surface area contributed by atoms with Gasteiger partial charge in [0.05, 0.1) is 28.7 Å². The zero-order valence-corrected chi connectivity index (χ0v) is 21.9. The fourth-order valence-corrected chi connectivity index (χ4v) is 5.24. The van der Waals surface area contributed by atoms with Crippen LogP contribution in [0.3, 0.4) is 0 Å². The number of carbonyl (C=O) groups is 1. The van der Waals surface area contributed by atoms with Crippen molar-refractivity contribution in [3.63, 3.8) is 0 Å². The molecule has 0 aliphatic carbocycles. The van der Waals surface area contributed by atoms with Crippen molar-refractivity contribution < 1.29 is 9.18 Å². The number of halogens is 1. The Morgan fingerprint density at radius 1 is 0.947 bits per heavy atom. The van der Waals surface area contributed by atoms with Gasteiger partial charge < -0.3 is 14.7 Å². The number of aromatic nitrogens is 2. The van der Waals surface area contributed by atoms with Gasteiger partial charge in [-0.25, -0.2) is 9.37 Å². The Morgan fingerprint density at radius 3 is 2.34 bits per heavy atom. The standard InChI is InChI=1S/C29H32FN7O/c1-21-24(20-34-9-11-35(12-10-34)27-6-4-3-5-23(27)18-31)17-26(22(2)33-21)29(38)37-15-13-36(14-16-37)28-8-7-25(30)19-32-28/h3-8,17,19H,9-16,20H2,1-2H3. The van der Waals surface area contributed by atoms with Crippen molar-refractivity contribution in [3.8, 4) is 6.07 Å². The monoisotopic (exact) mass is 513 g/mol. The number of pyridine rings is 2. The van der Waals surface area contributed by atoms with E-state index < -0.39 is 0 Å². The first-order chi connectivity index (χ1) is 18.4. The molecule has 0 atom stereocenters. The topological polar surface area (TPSA) is 79.6 Å². The number of amides is 1. The molecule has 1 aromatic carbocycles. The largest absolute Gasteiger partial charge is 0.368 e. The van der Waals surface area contributed by atoms with Crippen molar-refractivity contribution in [3.05, 3.63) is 82.6 Å². The first-order valence-corrected chi connectivity index (χ1v) is 13.0. The summed E-state index contributed by atoms with van der Waals surface area (Å²) < 4.78 is 13.2. The van der Waals surface area contributed by atoms with Crippen molar-refractivity contribution >= 4 is 17.4 Å². The predicted octanol–water partition coefficient (Wildman–Crippen LogP) is 3.39. The third kappa shape index (κ3) is 5.46. The average Bonchev–Trinajstić information content (AvgIpc) is 2.95. The molecule has 0 N–H and O–H groups in total. The highest BCUT2D eigenvalue weighted by Crippen LogP contribution is 2.23. The second kappa shape index (κ2) is 11.2. The van der Waals surface area contributed by atoms with Crippen LogP contribution in [-0.4, -0.2) is 78.0 Å². The van der Waals surface area contributed by atoms with Crippen LogP contribution in [0.5, 0.6) is 0 Å². The lowest BCUT2D eigenvalue weighted by atomic mass is 10.1. The number of benzene rings is 1. The third-order valence-corrected chi connectivity index (χ3v) is 7.47. The molecule has 3 aromatic rings. The fraction of sp³-hybridized carbons (Fsp3) is 0.379. The molecule has 0 saturated carbocycles. The van der Waals surface area contributed by atoms with Gasteiger partial charge in [-0.3, -0.25) is 14.7 Å². The van der Waals surface area contributed by atoms with E-state index in [-0.39, 0.29) is 11.7 Å². The molecular weight excluding hydrogens is 481 g/mol. The summed E-state index contributed by atoms with van der Waals surface area (Å²) in [4.78, 5) is 31.0. The van der Waals surface area contributed by atoms with Gasteiger partial charge >= 0.3 is 0 Å². The summed E-state index contributed by atoms with van der Waals surface area (Å²) in [5, 5.41) is 9.45. The molecule has 2 aromatic heterocycles. The molecule has 2 fully saturated rings. The van der Waals surface area contributed by atoms with Crippen molar-refractivity contribution in [2.24, 2.45) is 0 Å². The number of aryl methyl sites for hydroxylation is 2. The van der Waals surface area contributed by atoms with E-state index in [0.717, 1.165) is 61.2 Å². The van der Waals surface area contributed by atoms with Crippen molar-refractivity contribution in [1.29, 1.82) is 5.26 Å². The minimum absolute atomic E-state index is 0.000829. The van der Waals surface area contributed by atoms with E-state index in [0.29, 0.717) is 37.3 Å². The van der Waals surface area contributed by atoms with E-state index in [4.69, 9.17) is 4.98 Å². The van der Waals surface area contributed by atoms with Crippen LogP contribution in [0.2, 0.25) is 0 Å². The number of anilines is 2. The maximum atomic E-state index is 13.5. The molecule has 5 rings (SSSR count). The molecule has 196 valence electrons. The van der Waals surface area contributed by atoms with Gasteiger partial charge in [0.1, 0.15) is 17.7 Å². The van der Waals surface area contributed by atoms with Crippen LogP contribution in [0.25, 0.3) is 0 Å². The number of rotatable bonds is 5. The van der Waals surface area contributed by atoms with E-state index in [2.05, 4.69) is 25.8 Å². The molecule has 38 heavy (non-hydrogen) atoms. The average molecular weight is 514 g/mol. The number of piperazine rings is 2. The van der Waals surface area contributed by atoms with Crippen molar-refractivity contribution in [1.82, 2.24) is 19.8 Å². The Kier molecular flexibility index (Phi) is 7.52. The molecule has 0 bridgehead atoms. The van der Waals surface area contributed by atoms with Gasteiger partial charge in [-0.1, -0.05) is 12.1 Å². The Morgan fingerprint density at radius 2 is 1.66 bits per heavy atom. The lowest BCUT2D eigenvalue weighted by Crippen LogP contribution is -2.49. The molecule has 2 saturated heterocycles. The Labute approximate surface area is 222 Å². The summed E-state index contributed by atoms with van der Waals surface area (Å²) in [7, 11) is 0. The summed E-state index contributed by atoms with van der Waals surface area (Å²) in [6.07, 6.45) is 1.22. The molecule has 9 heteroatoms. The van der Waals surface area contributed by atoms with E-state index >= 15 is 0 Å². The molecule has 2 aliphatic heterocycles. The lowest BCUT2D eigenvalue weighted by Gasteiger charge is -2.37. The van der Waals surface area contributed by atoms with Crippen molar-refractivity contribution in [2.75, 3.05) is 62.2 Å². The molecule has 1 amide bonds. The van der Waals surface area contributed by atoms with E-state index in [1.54, 1.807) is 6.07 Å². The lowest BCUT2D eigenvalue weighted by molar-refractivity contribution is 0.0745. The number of hydrogen-bond donors (Lipinski definition) is 0. The van der Waals surface area contributed by atoms with Gasteiger partial charge in [0.15, 0.2) is 0 Å². The molecule has 8 nitrogen and oxygen atoms in total. The number of nitrogens with zero attached hydrogens (tertiary/aromatic N) is 7. The SMILES string of the molecule is Cc1nc(C)c(C(=O)N2CCN(c3ccc(F)cn3)CC2)cc1CN1CCN(c2ccccc2C#N)CC1. The highest BCUT2D eigenvalue weighted by molar-refractivity contribution is 5.95. The fourth-order valence-electron chi connectivity index (χ4n) is 5.24. The van der Waals surface area contributed by atoms with E-state index in [9.17, 15) is 14.4 Å². The maximum absolute atomic E-state index is 13.5. The molecule has 0 unspecified atom stereocenters. The highest BCUT2D eigenvalue weighted by Gasteiger charge is 2.26. The smallest absolute Gasteiger partial charge is 0.255 e. The second-order valence-corrected chi connectivity index (χ2v) is 9.87. The second-order valence-electron chi connectivity index (χ2n) is 9.87. The quantitative estimate of drug-likeness (QED) is 0.518. The zero-order valence-electron chi connectivity index (χ0n) is 21.9. The summed E-state index contributed by atoms with van der Waals surface area (Å²) in [6.45, 7) is 10.5. The van der Waals surface area contributed by atoms with Gasteiger partial charge in [-0.05, 0) is 49.7 Å². The van der Waals surface area contributed by atoms with Crippen LogP contribution in [0, 0.1) is 31.0 Å². The molecule has 0 radical (unpaired) electrons. The van der Waals surface area contributed by atoms with E-state index in [1.807, 2.05) is 49.1 Å². The minimum Gasteiger partial charge on any atom is -0.368 e. The molecule has 2 aliphatic rings. The van der Waals surface area contributed by atoms with Crippen LogP contribution in [0.1, 0.15) is 32.9 Å². The van der Waals surface area contributed by atoms with Gasteiger partial charge in [-0.15, -0.1) is 0 Å². The normalized spacial score (nSPS) is 16.4. The number of para-hydroxylation sites is 1. The molecule has 0 spiro atoms. The first kappa shape index (κ1) is 25.6. The van der Waals surface area contributed by atoms with Crippen LogP contribution in [0.15, 0.2) is 48.7 Å². The van der Waals surface area contributed by atoms with Gasteiger partial charge in [0, 0.05) is 64.6 Å². The van der Waals surface area contributed by atoms with Gasteiger partial charge in [-0.2, -0.15) is 5.26 Å². The van der Waals surface area contributed by atoms with E-state index in [1.165, 1.54) is 12.3 Å². The zero-order chi connectivity index (χ0) is 26.6. The highest BCUT2D eigenvalue weighted by atomic mass is 19.1. The summed E-state index contributed by atoms with van der Waals surface area (Å²) in [5.41, 5.74) is 5.11. The number of carbonyl (C=O) groups excluding carboxylic acids is 1. The number of nitriles is 1. The third-order valence-electron chi connectivity index (χ3n) is 7.47. The Bertz CT molecular complexity index is 1340. The predicted molar refractivity (Wildman–Crippen MR) is 145 cm³/mol. The first-order valence-electron chi connectivity index (χ1n) is 13.0. The number of hydrogen-bond acceptors (Lipinski definition) is 7. The molecular formula is C29H32FN7O. The maximum Gasteiger partial charge on any atom is 0.255 e. The minimum atomic E-state index is -0.355. The van der Waals surface area contributed by atoms with Crippen LogP contribution >= 0.6 is 0 Å². The molecule has 4 heterocycles. The van der Waals surface area contributed by atoms with Crippen molar-refractivity contribution in [2.45, 2.75) is 20.4 Å². The van der Waals surface area contributed by atoms with Gasteiger partial charge in [0.25, 0.3) is 5.91 Å². The van der Waals surface area contributed by atoms with Crippen LogP contribution in [-0.2, 0) is 6.54 Å². The van der Waals surface area contributed by atoms with Crippen LogP contribution in [0.4, 0.5) is 15.9 Å². The Hall–Kier alpha value is -4.03. The van der Waals surface area contributed by atoms with Gasteiger partial charge in [0.2, 0.25) is 0 Å². The summed E-state index contributed by atoms with van der Waals surface area (Å²) in [6, 6.07) is 15.1. The Balaban J connectivity index is 1.22. The summed E-state index contributed by atoms with van der Waals surface area (Å²) >= 11 is 0. The van der Waals surface area contributed by atoms with Crippen LogP contribution < -0.4 is 9.80 Å².